The summed E-state index contributed by atoms with van der Waals surface area (Å²) in [5.41, 5.74) is 5.70. The van der Waals surface area contributed by atoms with E-state index in [0.29, 0.717) is 11.4 Å². The zero-order valence-electron chi connectivity index (χ0n) is 10.4. The zero-order valence-corrected chi connectivity index (χ0v) is 12.1. The molecule has 0 atom stereocenters. The number of nitrogen functional groups attached to an aromatic ring is 1. The molecule has 0 saturated carbocycles. The smallest absolute Gasteiger partial charge is 0.185 e. The standard InChI is InChI=1S/C10H19N3O2S2/c1-4-7-17(14,15)8-9(11)12-16-10(8)13(5-2)6-3/h4-7H2,1-3H3,(H2,11,12). The molecule has 1 heterocycles. The molecule has 0 aliphatic carbocycles. The number of aromatic nitrogens is 1. The molecule has 0 aliphatic heterocycles. The summed E-state index contributed by atoms with van der Waals surface area (Å²) in [7, 11) is -3.31. The molecule has 0 aliphatic rings. The fraction of sp³-hybridized carbons (Fsp3) is 0.700. The van der Waals surface area contributed by atoms with Gasteiger partial charge in [0.05, 0.1) is 5.75 Å². The number of rotatable bonds is 6. The van der Waals surface area contributed by atoms with Crippen LogP contribution in [0.5, 0.6) is 0 Å². The number of nitrogens with two attached hydrogens (primary N) is 1. The lowest BCUT2D eigenvalue weighted by Gasteiger charge is -2.19. The van der Waals surface area contributed by atoms with E-state index in [1.807, 2.05) is 25.7 Å². The van der Waals surface area contributed by atoms with Crippen molar-refractivity contribution in [3.05, 3.63) is 0 Å². The molecule has 0 bridgehead atoms. The van der Waals surface area contributed by atoms with Gasteiger partial charge in [-0.05, 0) is 31.8 Å². The van der Waals surface area contributed by atoms with E-state index in [1.165, 1.54) is 0 Å². The third-order valence-corrected chi connectivity index (χ3v) is 5.51. The van der Waals surface area contributed by atoms with Gasteiger partial charge in [0.2, 0.25) is 0 Å². The van der Waals surface area contributed by atoms with Crippen molar-refractivity contribution in [1.82, 2.24) is 4.37 Å². The predicted octanol–water partition coefficient (Wildman–Crippen LogP) is 1.76. The monoisotopic (exact) mass is 277 g/mol. The first-order chi connectivity index (χ1) is 7.97. The Bertz CT molecular complexity index is 464. The summed E-state index contributed by atoms with van der Waals surface area (Å²) in [6.45, 7) is 7.29. The fourth-order valence-corrected chi connectivity index (χ4v) is 4.55. The Morgan fingerprint density at radius 1 is 1.29 bits per heavy atom. The second-order valence-corrected chi connectivity index (χ2v) is 6.49. The fourth-order valence-electron chi connectivity index (χ4n) is 1.66. The maximum Gasteiger partial charge on any atom is 0.185 e. The zero-order chi connectivity index (χ0) is 13.1. The van der Waals surface area contributed by atoms with E-state index in [1.54, 1.807) is 0 Å². The van der Waals surface area contributed by atoms with Crippen LogP contribution in [-0.2, 0) is 9.84 Å². The lowest BCUT2D eigenvalue weighted by Crippen LogP contribution is -2.23. The van der Waals surface area contributed by atoms with Gasteiger partial charge in [-0.1, -0.05) is 6.92 Å². The van der Waals surface area contributed by atoms with E-state index >= 15 is 0 Å². The first kappa shape index (κ1) is 14.2. The van der Waals surface area contributed by atoms with Crippen LogP contribution in [0.3, 0.4) is 0 Å². The van der Waals surface area contributed by atoms with Crippen LogP contribution < -0.4 is 10.6 Å². The molecule has 5 nitrogen and oxygen atoms in total. The van der Waals surface area contributed by atoms with Gasteiger partial charge < -0.3 is 10.6 Å². The molecular formula is C10H19N3O2S2. The SMILES string of the molecule is CCCS(=O)(=O)c1c(N)nsc1N(CC)CC. The van der Waals surface area contributed by atoms with Crippen molar-refractivity contribution in [3.8, 4) is 0 Å². The highest BCUT2D eigenvalue weighted by atomic mass is 32.2. The molecule has 0 saturated heterocycles. The van der Waals surface area contributed by atoms with Crippen molar-refractivity contribution < 1.29 is 8.42 Å². The summed E-state index contributed by atoms with van der Waals surface area (Å²) in [4.78, 5) is 2.18. The number of nitrogens with zero attached hydrogens (tertiary/aromatic N) is 2. The average molecular weight is 277 g/mol. The van der Waals surface area contributed by atoms with Gasteiger partial charge in [-0.2, -0.15) is 4.37 Å². The van der Waals surface area contributed by atoms with E-state index in [0.717, 1.165) is 24.6 Å². The summed E-state index contributed by atoms with van der Waals surface area (Å²) in [6.07, 6.45) is 0.579. The Balaban J connectivity index is 3.28. The van der Waals surface area contributed by atoms with Crippen molar-refractivity contribution in [2.45, 2.75) is 32.1 Å². The van der Waals surface area contributed by atoms with Crippen LogP contribution in [0, 0.1) is 0 Å². The van der Waals surface area contributed by atoms with Crippen LogP contribution in [0.2, 0.25) is 0 Å². The van der Waals surface area contributed by atoms with Gasteiger partial charge >= 0.3 is 0 Å². The second kappa shape index (κ2) is 5.68. The number of hydrogen-bond acceptors (Lipinski definition) is 6. The van der Waals surface area contributed by atoms with Crippen molar-refractivity contribution in [2.24, 2.45) is 0 Å². The third-order valence-electron chi connectivity index (χ3n) is 2.49. The minimum absolute atomic E-state index is 0.115. The Kier molecular flexibility index (Phi) is 4.76. The van der Waals surface area contributed by atoms with Crippen molar-refractivity contribution in [2.75, 3.05) is 29.5 Å². The Hall–Kier alpha value is -0.820. The molecule has 1 aromatic rings. The van der Waals surface area contributed by atoms with E-state index < -0.39 is 9.84 Å². The van der Waals surface area contributed by atoms with Gasteiger partial charge in [-0.3, -0.25) is 0 Å². The molecule has 7 heteroatoms. The van der Waals surface area contributed by atoms with Crippen LogP contribution in [0.1, 0.15) is 27.2 Å². The Morgan fingerprint density at radius 2 is 1.88 bits per heavy atom. The first-order valence-corrected chi connectivity index (χ1v) is 8.13. The molecule has 0 fully saturated rings. The molecule has 0 aromatic carbocycles. The van der Waals surface area contributed by atoms with Crippen LogP contribution in [0.15, 0.2) is 4.90 Å². The highest BCUT2D eigenvalue weighted by Gasteiger charge is 2.26. The molecule has 0 unspecified atom stereocenters. The van der Waals surface area contributed by atoms with Gasteiger partial charge in [0.25, 0.3) is 0 Å². The van der Waals surface area contributed by atoms with Gasteiger partial charge in [0, 0.05) is 13.1 Å². The number of anilines is 2. The topological polar surface area (TPSA) is 76.3 Å². The largest absolute Gasteiger partial charge is 0.382 e. The summed E-state index contributed by atoms with van der Waals surface area (Å²) in [5, 5.41) is 0.668. The molecule has 1 aromatic heterocycles. The molecule has 0 amide bonds. The van der Waals surface area contributed by atoms with Gasteiger partial charge in [0.15, 0.2) is 15.7 Å². The van der Waals surface area contributed by atoms with Gasteiger partial charge in [-0.25, -0.2) is 8.42 Å². The van der Waals surface area contributed by atoms with Gasteiger partial charge in [0.1, 0.15) is 9.90 Å². The quantitative estimate of drug-likeness (QED) is 0.857. The van der Waals surface area contributed by atoms with Crippen molar-refractivity contribution >= 4 is 32.2 Å². The van der Waals surface area contributed by atoms with Crippen LogP contribution in [-0.4, -0.2) is 31.6 Å². The van der Waals surface area contributed by atoms with Gasteiger partial charge in [-0.15, -0.1) is 0 Å². The molecule has 2 N–H and O–H groups in total. The first-order valence-electron chi connectivity index (χ1n) is 5.70. The molecule has 0 radical (unpaired) electrons. The summed E-state index contributed by atoms with van der Waals surface area (Å²) >= 11 is 1.16. The maximum absolute atomic E-state index is 12.1. The summed E-state index contributed by atoms with van der Waals surface area (Å²) in [6, 6.07) is 0. The molecule has 17 heavy (non-hydrogen) atoms. The predicted molar refractivity (Wildman–Crippen MR) is 72.4 cm³/mol. The second-order valence-electron chi connectivity index (χ2n) is 3.69. The van der Waals surface area contributed by atoms with E-state index in [9.17, 15) is 8.42 Å². The number of sulfone groups is 1. The Morgan fingerprint density at radius 3 is 2.35 bits per heavy atom. The maximum atomic E-state index is 12.1. The summed E-state index contributed by atoms with van der Waals surface area (Å²) in [5.74, 6) is 0.245. The minimum Gasteiger partial charge on any atom is -0.382 e. The van der Waals surface area contributed by atoms with Crippen LogP contribution in [0.25, 0.3) is 0 Å². The molecule has 98 valence electrons. The third kappa shape index (κ3) is 2.90. The minimum atomic E-state index is -3.31. The summed E-state index contributed by atoms with van der Waals surface area (Å²) < 4.78 is 28.2. The van der Waals surface area contributed by atoms with E-state index in [-0.39, 0.29) is 16.5 Å². The molecular weight excluding hydrogens is 258 g/mol. The average Bonchev–Trinajstić information content (AvgIpc) is 2.63. The van der Waals surface area contributed by atoms with E-state index in [4.69, 9.17) is 5.73 Å². The Labute approximate surface area is 107 Å². The lowest BCUT2D eigenvalue weighted by atomic mass is 10.5. The molecule has 1 rings (SSSR count). The van der Waals surface area contributed by atoms with E-state index in [2.05, 4.69) is 4.37 Å². The van der Waals surface area contributed by atoms with Crippen molar-refractivity contribution in [3.63, 3.8) is 0 Å². The lowest BCUT2D eigenvalue weighted by molar-refractivity contribution is 0.595. The number of hydrogen-bond donors (Lipinski definition) is 1. The normalized spacial score (nSPS) is 11.7. The van der Waals surface area contributed by atoms with Crippen LogP contribution in [0.4, 0.5) is 10.8 Å². The highest BCUT2D eigenvalue weighted by molar-refractivity contribution is 7.91. The molecule has 0 spiro atoms. The van der Waals surface area contributed by atoms with Crippen molar-refractivity contribution in [1.29, 1.82) is 0 Å². The van der Waals surface area contributed by atoms with Crippen LogP contribution >= 0.6 is 11.5 Å². The highest BCUT2D eigenvalue weighted by Crippen LogP contribution is 2.35.